The van der Waals surface area contributed by atoms with Crippen molar-refractivity contribution >= 4 is 58.1 Å². The monoisotopic (exact) mass is 392 g/mol. The van der Waals surface area contributed by atoms with Crippen molar-refractivity contribution in [2.24, 2.45) is 0 Å². The number of esters is 1. The van der Waals surface area contributed by atoms with Crippen LogP contribution in [0.3, 0.4) is 0 Å². The van der Waals surface area contributed by atoms with E-state index in [1.54, 1.807) is 30.3 Å². The fourth-order valence-corrected chi connectivity index (χ4v) is 3.01. The Bertz CT molecular complexity index is 911. The molecule has 1 amide bonds. The van der Waals surface area contributed by atoms with Crippen LogP contribution in [0.15, 0.2) is 47.4 Å². The Labute approximate surface area is 157 Å². The van der Waals surface area contributed by atoms with Gasteiger partial charge in [-0.3, -0.25) is 10.2 Å². The van der Waals surface area contributed by atoms with Gasteiger partial charge in [0.15, 0.2) is 5.17 Å². The number of carbonyl (C=O) groups excluding carboxylic acids is 2. The molecule has 0 atom stereocenters. The minimum atomic E-state index is -0.552. The van der Waals surface area contributed by atoms with Crippen LogP contribution in [-0.4, -0.2) is 17.0 Å². The Morgan fingerprint density at radius 2 is 1.84 bits per heavy atom. The van der Waals surface area contributed by atoms with Gasteiger partial charge in [-0.2, -0.15) is 0 Å². The van der Waals surface area contributed by atoms with E-state index in [4.69, 9.17) is 33.3 Å². The molecule has 0 bridgehead atoms. The molecule has 126 valence electrons. The zero-order valence-corrected chi connectivity index (χ0v) is 14.8. The van der Waals surface area contributed by atoms with Gasteiger partial charge in [0.05, 0.1) is 20.5 Å². The van der Waals surface area contributed by atoms with Crippen molar-refractivity contribution in [3.63, 3.8) is 0 Å². The van der Waals surface area contributed by atoms with E-state index in [9.17, 15) is 9.59 Å². The first kappa shape index (κ1) is 17.5. The summed E-state index contributed by atoms with van der Waals surface area (Å²) in [6, 6.07) is 11.1. The second-order valence-corrected chi connectivity index (χ2v) is 6.85. The maximum absolute atomic E-state index is 12.1. The van der Waals surface area contributed by atoms with Gasteiger partial charge in [0.2, 0.25) is 0 Å². The van der Waals surface area contributed by atoms with Crippen LogP contribution in [0.5, 0.6) is 5.75 Å². The van der Waals surface area contributed by atoms with Crippen molar-refractivity contribution in [3.8, 4) is 5.75 Å². The van der Waals surface area contributed by atoms with Gasteiger partial charge in [0, 0.05) is 0 Å². The largest absolute Gasteiger partial charge is 0.423 e. The van der Waals surface area contributed by atoms with Crippen LogP contribution >= 0.6 is 35.0 Å². The van der Waals surface area contributed by atoms with E-state index in [1.165, 1.54) is 18.2 Å². The SMILES string of the molecule is N=C1NC(=O)/C(=C/c2ccc(OC(=O)c3ccc(Cl)c(Cl)c3)cc2)S1. The Kier molecular flexibility index (Phi) is 5.13. The predicted octanol–water partition coefficient (Wildman–Crippen LogP) is 4.35. The summed E-state index contributed by atoms with van der Waals surface area (Å²) >= 11 is 12.8. The summed E-state index contributed by atoms with van der Waals surface area (Å²) in [5.41, 5.74) is 1.04. The van der Waals surface area contributed by atoms with Crippen LogP contribution in [0.2, 0.25) is 10.0 Å². The van der Waals surface area contributed by atoms with E-state index in [0.717, 1.165) is 17.3 Å². The molecule has 2 N–H and O–H groups in total. The third-order valence-corrected chi connectivity index (χ3v) is 4.77. The highest BCUT2D eigenvalue weighted by Crippen LogP contribution is 2.26. The van der Waals surface area contributed by atoms with Crippen LogP contribution in [0.1, 0.15) is 15.9 Å². The number of hydrogen-bond acceptors (Lipinski definition) is 5. The number of rotatable bonds is 3. The Morgan fingerprint density at radius 3 is 2.44 bits per heavy atom. The standard InChI is InChI=1S/C17H10Cl2N2O3S/c18-12-6-3-10(8-13(12)19)16(23)24-11-4-1-9(2-5-11)7-14-15(22)21-17(20)25-14/h1-8H,(H2,20,21,22)/b14-7-. The molecule has 0 unspecified atom stereocenters. The van der Waals surface area contributed by atoms with Gasteiger partial charge in [0.1, 0.15) is 5.75 Å². The fourth-order valence-electron chi connectivity index (χ4n) is 2.01. The van der Waals surface area contributed by atoms with Crippen molar-refractivity contribution in [1.82, 2.24) is 5.32 Å². The molecule has 1 fully saturated rings. The zero-order chi connectivity index (χ0) is 18.0. The zero-order valence-electron chi connectivity index (χ0n) is 12.5. The van der Waals surface area contributed by atoms with E-state index < -0.39 is 5.97 Å². The number of amides is 1. The molecule has 25 heavy (non-hydrogen) atoms. The van der Waals surface area contributed by atoms with Gasteiger partial charge in [-0.25, -0.2) is 4.79 Å². The average molecular weight is 393 g/mol. The van der Waals surface area contributed by atoms with E-state index in [2.05, 4.69) is 5.32 Å². The summed E-state index contributed by atoms with van der Waals surface area (Å²) in [5, 5.41) is 10.5. The van der Waals surface area contributed by atoms with Crippen LogP contribution in [0.25, 0.3) is 6.08 Å². The van der Waals surface area contributed by atoms with Crippen LogP contribution in [-0.2, 0) is 4.79 Å². The Morgan fingerprint density at radius 1 is 1.12 bits per heavy atom. The van der Waals surface area contributed by atoms with Crippen molar-refractivity contribution in [3.05, 3.63) is 68.5 Å². The molecule has 0 spiro atoms. The summed E-state index contributed by atoms with van der Waals surface area (Å²) < 4.78 is 5.28. The van der Waals surface area contributed by atoms with Crippen molar-refractivity contribution in [2.45, 2.75) is 0 Å². The normalized spacial score (nSPS) is 15.4. The highest BCUT2D eigenvalue weighted by Gasteiger charge is 2.22. The lowest BCUT2D eigenvalue weighted by Gasteiger charge is -2.06. The number of amidine groups is 1. The highest BCUT2D eigenvalue weighted by molar-refractivity contribution is 8.18. The number of benzene rings is 2. The van der Waals surface area contributed by atoms with Gasteiger partial charge < -0.3 is 10.1 Å². The molecule has 0 radical (unpaired) electrons. The van der Waals surface area contributed by atoms with Crippen molar-refractivity contribution < 1.29 is 14.3 Å². The van der Waals surface area contributed by atoms with Crippen LogP contribution in [0, 0.1) is 5.41 Å². The summed E-state index contributed by atoms with van der Waals surface area (Å²) in [6.45, 7) is 0. The quantitative estimate of drug-likeness (QED) is 0.462. The molecule has 3 rings (SSSR count). The number of hydrogen-bond donors (Lipinski definition) is 2. The lowest BCUT2D eigenvalue weighted by atomic mass is 10.2. The molecule has 2 aromatic rings. The molecule has 0 aliphatic carbocycles. The van der Waals surface area contributed by atoms with Gasteiger partial charge in [0.25, 0.3) is 5.91 Å². The topological polar surface area (TPSA) is 79.2 Å². The molecular weight excluding hydrogens is 383 g/mol. The van der Waals surface area contributed by atoms with Crippen LogP contribution in [0.4, 0.5) is 0 Å². The summed E-state index contributed by atoms with van der Waals surface area (Å²) in [4.78, 5) is 24.1. The molecule has 0 aromatic heterocycles. The second kappa shape index (κ2) is 7.31. The number of ether oxygens (including phenoxy) is 1. The molecule has 1 saturated heterocycles. The minimum Gasteiger partial charge on any atom is -0.423 e. The molecular formula is C17H10Cl2N2O3S. The molecule has 5 nitrogen and oxygen atoms in total. The van der Waals surface area contributed by atoms with E-state index in [1.807, 2.05) is 0 Å². The molecule has 2 aromatic carbocycles. The van der Waals surface area contributed by atoms with Gasteiger partial charge in [-0.15, -0.1) is 0 Å². The maximum atomic E-state index is 12.1. The summed E-state index contributed by atoms with van der Waals surface area (Å²) in [7, 11) is 0. The van der Waals surface area contributed by atoms with Gasteiger partial charge in [-0.05, 0) is 53.7 Å². The first-order valence-electron chi connectivity index (χ1n) is 6.99. The van der Waals surface area contributed by atoms with Crippen molar-refractivity contribution in [1.29, 1.82) is 5.41 Å². The summed E-state index contributed by atoms with van der Waals surface area (Å²) in [6.07, 6.45) is 1.66. The average Bonchev–Trinajstić information content (AvgIpc) is 2.89. The third-order valence-electron chi connectivity index (χ3n) is 3.21. The lowest BCUT2D eigenvalue weighted by molar-refractivity contribution is -0.115. The first-order chi connectivity index (χ1) is 11.9. The Hall–Kier alpha value is -2.28. The van der Waals surface area contributed by atoms with Gasteiger partial charge >= 0.3 is 5.97 Å². The number of halogens is 2. The molecule has 1 aliphatic rings. The number of carbonyl (C=O) groups is 2. The molecule has 8 heteroatoms. The second-order valence-electron chi connectivity index (χ2n) is 4.98. The number of thioether (sulfide) groups is 1. The van der Waals surface area contributed by atoms with E-state index in [-0.39, 0.29) is 21.7 Å². The van der Waals surface area contributed by atoms with E-state index >= 15 is 0 Å². The smallest absolute Gasteiger partial charge is 0.343 e. The number of nitrogens with one attached hydrogen (secondary N) is 2. The summed E-state index contributed by atoms with van der Waals surface area (Å²) in [5.74, 6) is -0.497. The predicted molar refractivity (Wildman–Crippen MR) is 99.3 cm³/mol. The fraction of sp³-hybridized carbons (Fsp3) is 0. The van der Waals surface area contributed by atoms with E-state index in [0.29, 0.717) is 15.7 Å². The van der Waals surface area contributed by atoms with Gasteiger partial charge in [-0.1, -0.05) is 35.3 Å². The third kappa shape index (κ3) is 4.22. The minimum absolute atomic E-state index is 0.100. The lowest BCUT2D eigenvalue weighted by Crippen LogP contribution is -2.18. The van der Waals surface area contributed by atoms with Crippen LogP contribution < -0.4 is 10.1 Å². The Balaban J connectivity index is 1.71. The molecule has 0 saturated carbocycles. The van der Waals surface area contributed by atoms with Crippen molar-refractivity contribution in [2.75, 3.05) is 0 Å². The maximum Gasteiger partial charge on any atom is 0.343 e. The molecule has 1 aliphatic heterocycles. The highest BCUT2D eigenvalue weighted by atomic mass is 35.5. The molecule has 1 heterocycles. The first-order valence-corrected chi connectivity index (χ1v) is 8.56.